The van der Waals surface area contributed by atoms with Crippen LogP contribution in [0.15, 0.2) is 24.3 Å². The number of carbonyl (C=O) groups excluding carboxylic acids is 1. The molecule has 0 radical (unpaired) electrons. The molecule has 0 saturated carbocycles. The number of hydrogen-bond acceptors (Lipinski definition) is 5. The van der Waals surface area contributed by atoms with Gasteiger partial charge < -0.3 is 10.2 Å². The zero-order valence-corrected chi connectivity index (χ0v) is 15.7. The first kappa shape index (κ1) is 22.0. The second-order valence-corrected chi connectivity index (χ2v) is 7.65. The molecule has 0 spiro atoms. The lowest BCUT2D eigenvalue weighted by Gasteiger charge is -2.18. The van der Waals surface area contributed by atoms with Gasteiger partial charge in [-0.25, -0.2) is 10.3 Å². The SMILES string of the molecule is CC(C)C(SCCCC(Cc1cccc(C(=O)O)c1)C(=O)O)C(=O)NO. The maximum Gasteiger partial charge on any atom is 0.335 e. The molecule has 0 aromatic heterocycles. The van der Waals surface area contributed by atoms with Crippen molar-refractivity contribution < 1.29 is 29.8 Å². The summed E-state index contributed by atoms with van der Waals surface area (Å²) in [5.41, 5.74) is 2.47. The van der Waals surface area contributed by atoms with Gasteiger partial charge in [0, 0.05) is 0 Å². The Bertz CT molecular complexity index is 634. The summed E-state index contributed by atoms with van der Waals surface area (Å²) in [5.74, 6) is -2.41. The topological polar surface area (TPSA) is 124 Å². The first-order valence-corrected chi connectivity index (χ1v) is 9.41. The van der Waals surface area contributed by atoms with E-state index < -0.39 is 29.0 Å². The van der Waals surface area contributed by atoms with E-state index in [9.17, 15) is 19.5 Å². The Hall–Kier alpha value is -2.06. The number of hydrogen-bond donors (Lipinski definition) is 4. The smallest absolute Gasteiger partial charge is 0.335 e. The van der Waals surface area contributed by atoms with Crippen molar-refractivity contribution in [3.63, 3.8) is 0 Å². The van der Waals surface area contributed by atoms with Crippen LogP contribution in [0.4, 0.5) is 0 Å². The Kier molecular flexibility index (Phi) is 9.15. The Labute approximate surface area is 156 Å². The first-order valence-electron chi connectivity index (χ1n) is 8.36. The van der Waals surface area contributed by atoms with Crippen LogP contribution in [-0.4, -0.2) is 44.3 Å². The molecule has 8 heteroatoms. The lowest BCUT2D eigenvalue weighted by molar-refractivity contribution is -0.142. The third kappa shape index (κ3) is 7.05. The van der Waals surface area contributed by atoms with Gasteiger partial charge in [0.15, 0.2) is 0 Å². The van der Waals surface area contributed by atoms with E-state index in [-0.39, 0.29) is 17.9 Å². The molecule has 0 saturated heterocycles. The number of aromatic carboxylic acids is 1. The van der Waals surface area contributed by atoms with Crippen molar-refractivity contribution in [2.75, 3.05) is 5.75 Å². The molecule has 4 N–H and O–H groups in total. The Morgan fingerprint density at radius 1 is 1.19 bits per heavy atom. The molecule has 2 atom stereocenters. The molecule has 144 valence electrons. The van der Waals surface area contributed by atoms with Crippen molar-refractivity contribution in [2.45, 2.75) is 38.4 Å². The standard InChI is InChI=1S/C18H25NO6S/c1-11(2)15(16(20)19-25)26-8-4-7-14(18(23)24)10-12-5-3-6-13(9-12)17(21)22/h3,5-6,9,11,14-15,25H,4,7-8,10H2,1-2H3,(H,19,20)(H,21,22)(H,23,24). The van der Waals surface area contributed by atoms with Gasteiger partial charge in [-0.3, -0.25) is 14.8 Å². The normalized spacial score (nSPS) is 13.2. The van der Waals surface area contributed by atoms with E-state index >= 15 is 0 Å². The number of benzene rings is 1. The number of aliphatic carboxylic acids is 1. The molecule has 0 aliphatic heterocycles. The summed E-state index contributed by atoms with van der Waals surface area (Å²) in [6.07, 6.45) is 1.28. The summed E-state index contributed by atoms with van der Waals surface area (Å²) in [6.45, 7) is 3.75. The second-order valence-electron chi connectivity index (χ2n) is 6.40. The van der Waals surface area contributed by atoms with Crippen molar-refractivity contribution in [1.82, 2.24) is 5.48 Å². The molecule has 1 rings (SSSR count). The zero-order valence-electron chi connectivity index (χ0n) is 14.8. The number of carboxylic acids is 2. The molecule has 0 fully saturated rings. The summed E-state index contributed by atoms with van der Waals surface area (Å²) in [7, 11) is 0. The molecule has 2 unspecified atom stereocenters. The van der Waals surface area contributed by atoms with Crippen LogP contribution < -0.4 is 5.48 Å². The van der Waals surface area contributed by atoms with Gasteiger partial charge in [0.1, 0.15) is 0 Å². The fourth-order valence-electron chi connectivity index (χ4n) is 2.60. The number of carbonyl (C=O) groups is 3. The first-order chi connectivity index (χ1) is 12.3. The molecule has 7 nitrogen and oxygen atoms in total. The van der Waals surface area contributed by atoms with Crippen molar-refractivity contribution in [1.29, 1.82) is 0 Å². The third-order valence-electron chi connectivity index (χ3n) is 3.97. The van der Waals surface area contributed by atoms with Crippen LogP contribution in [0.1, 0.15) is 42.6 Å². The summed E-state index contributed by atoms with van der Waals surface area (Å²) in [4.78, 5) is 34.1. The van der Waals surface area contributed by atoms with Gasteiger partial charge in [0.05, 0.1) is 16.7 Å². The highest BCUT2D eigenvalue weighted by Crippen LogP contribution is 2.23. The number of carboxylic acid groups (broad SMARTS) is 2. The average Bonchev–Trinajstić information content (AvgIpc) is 2.59. The maximum absolute atomic E-state index is 11.6. The van der Waals surface area contributed by atoms with Crippen molar-refractivity contribution in [3.8, 4) is 0 Å². The molecule has 0 aliphatic carbocycles. The van der Waals surface area contributed by atoms with Gasteiger partial charge in [-0.1, -0.05) is 26.0 Å². The van der Waals surface area contributed by atoms with Gasteiger partial charge in [-0.2, -0.15) is 0 Å². The van der Waals surface area contributed by atoms with Crippen LogP contribution in [-0.2, 0) is 16.0 Å². The minimum atomic E-state index is -1.04. The summed E-state index contributed by atoms with van der Waals surface area (Å²) in [6, 6.07) is 6.29. The minimum absolute atomic E-state index is 0.0428. The van der Waals surface area contributed by atoms with E-state index in [1.54, 1.807) is 17.6 Å². The molecular weight excluding hydrogens is 358 g/mol. The largest absolute Gasteiger partial charge is 0.481 e. The van der Waals surface area contributed by atoms with Gasteiger partial charge in [0.25, 0.3) is 5.91 Å². The molecule has 1 aromatic carbocycles. The molecule has 26 heavy (non-hydrogen) atoms. The van der Waals surface area contributed by atoms with Crippen LogP contribution in [0.2, 0.25) is 0 Å². The Morgan fingerprint density at radius 3 is 2.42 bits per heavy atom. The Morgan fingerprint density at radius 2 is 1.88 bits per heavy atom. The molecule has 1 aromatic rings. The number of thioether (sulfide) groups is 1. The predicted octanol–water partition coefficient (Wildman–Crippen LogP) is 2.67. The van der Waals surface area contributed by atoms with Crippen molar-refractivity contribution in [3.05, 3.63) is 35.4 Å². The second kappa shape index (κ2) is 10.8. The maximum atomic E-state index is 11.6. The molecule has 0 bridgehead atoms. The summed E-state index contributed by atoms with van der Waals surface area (Å²) < 4.78 is 0. The molecular formula is C18H25NO6S. The van der Waals surface area contributed by atoms with Crippen LogP contribution >= 0.6 is 11.8 Å². The number of amides is 1. The van der Waals surface area contributed by atoms with Crippen molar-refractivity contribution >= 4 is 29.6 Å². The molecule has 0 heterocycles. The predicted molar refractivity (Wildman–Crippen MR) is 98.5 cm³/mol. The lowest BCUT2D eigenvalue weighted by atomic mass is 9.94. The third-order valence-corrected chi connectivity index (χ3v) is 5.62. The summed E-state index contributed by atoms with van der Waals surface area (Å²) >= 11 is 1.39. The quantitative estimate of drug-likeness (QED) is 0.263. The fraction of sp³-hybridized carbons (Fsp3) is 0.500. The van der Waals surface area contributed by atoms with Crippen LogP contribution in [0, 0.1) is 11.8 Å². The van der Waals surface area contributed by atoms with E-state index in [4.69, 9.17) is 10.3 Å². The monoisotopic (exact) mass is 383 g/mol. The minimum Gasteiger partial charge on any atom is -0.481 e. The van der Waals surface area contributed by atoms with Gasteiger partial charge in [-0.15, -0.1) is 11.8 Å². The van der Waals surface area contributed by atoms with Gasteiger partial charge >= 0.3 is 11.9 Å². The zero-order chi connectivity index (χ0) is 19.7. The number of hydroxylamine groups is 1. The van der Waals surface area contributed by atoms with E-state index in [0.29, 0.717) is 24.2 Å². The van der Waals surface area contributed by atoms with E-state index in [1.165, 1.54) is 23.9 Å². The molecule has 0 aliphatic rings. The average molecular weight is 383 g/mol. The Balaban J connectivity index is 2.59. The van der Waals surface area contributed by atoms with E-state index in [2.05, 4.69) is 0 Å². The van der Waals surface area contributed by atoms with Crippen LogP contribution in [0.25, 0.3) is 0 Å². The van der Waals surface area contributed by atoms with E-state index in [1.807, 2.05) is 13.8 Å². The highest BCUT2D eigenvalue weighted by molar-refractivity contribution is 8.00. The fourth-order valence-corrected chi connectivity index (χ4v) is 3.78. The van der Waals surface area contributed by atoms with Crippen LogP contribution in [0.5, 0.6) is 0 Å². The van der Waals surface area contributed by atoms with Gasteiger partial charge in [-0.05, 0) is 48.6 Å². The number of rotatable bonds is 11. The van der Waals surface area contributed by atoms with Gasteiger partial charge in [0.2, 0.25) is 0 Å². The van der Waals surface area contributed by atoms with E-state index in [0.717, 1.165) is 0 Å². The molecule has 1 amide bonds. The lowest BCUT2D eigenvalue weighted by Crippen LogP contribution is -2.34. The highest BCUT2D eigenvalue weighted by Gasteiger charge is 2.23. The van der Waals surface area contributed by atoms with Crippen molar-refractivity contribution in [2.24, 2.45) is 11.8 Å². The highest BCUT2D eigenvalue weighted by atomic mass is 32.2. The summed E-state index contributed by atoms with van der Waals surface area (Å²) in [5, 5.41) is 26.8. The van der Waals surface area contributed by atoms with Crippen LogP contribution in [0.3, 0.4) is 0 Å². The number of nitrogens with one attached hydrogen (secondary N) is 1.